The van der Waals surface area contributed by atoms with Gasteiger partial charge >= 0.3 is 18.1 Å². The van der Waals surface area contributed by atoms with Gasteiger partial charge in [0.05, 0.1) is 6.61 Å². The Labute approximate surface area is 168 Å². The molecule has 154 valence electrons. The molecule has 4 nitrogen and oxygen atoms in total. The van der Waals surface area contributed by atoms with Crippen molar-refractivity contribution in [2.24, 2.45) is 0 Å². The molecule has 0 fully saturated rings. The zero-order valence-corrected chi connectivity index (χ0v) is 18.9. The fraction of sp³-hybridized carbons (Fsp3) is 0.867. The molecule has 1 unspecified atom stereocenters. The van der Waals surface area contributed by atoms with Crippen molar-refractivity contribution in [3.05, 3.63) is 0 Å². The molecule has 0 aliphatic rings. The first kappa shape index (κ1) is 26.1. The maximum Gasteiger partial charge on any atom is 0.471 e. The van der Waals surface area contributed by atoms with Gasteiger partial charge in [0.25, 0.3) is 0 Å². The van der Waals surface area contributed by atoms with Crippen LogP contribution in [0.15, 0.2) is 0 Å². The summed E-state index contributed by atoms with van der Waals surface area (Å²) in [6.45, 7) is 4.81. The Kier molecular flexibility index (Phi) is 13.3. The lowest BCUT2D eigenvalue weighted by Gasteiger charge is -2.40. The van der Waals surface area contributed by atoms with Crippen LogP contribution in [-0.2, 0) is 26.1 Å². The largest absolute Gasteiger partial charge is 0.471 e. The molecule has 0 heterocycles. The van der Waals surface area contributed by atoms with Crippen LogP contribution in [0.3, 0.4) is 0 Å². The third-order valence-corrected chi connectivity index (χ3v) is 10.4. The molecule has 0 radical (unpaired) electrons. The van der Waals surface area contributed by atoms with E-state index in [1.54, 1.807) is 6.92 Å². The molecule has 0 saturated carbocycles. The number of thioether (sulfide) groups is 2. The number of unbranched alkanes of at least 4 members (excludes halogenated alkanes) is 2. The number of rotatable bonds is 13. The average Bonchev–Trinajstić information content (AvgIpc) is 2.57. The molecule has 1 atom stereocenters. The van der Waals surface area contributed by atoms with Crippen molar-refractivity contribution in [2.45, 2.75) is 56.6 Å². The molecule has 0 aliphatic carbocycles. The summed E-state index contributed by atoms with van der Waals surface area (Å²) in [4.78, 5) is 24.6. The lowest BCUT2D eigenvalue weighted by molar-refractivity contribution is -0.187. The van der Waals surface area contributed by atoms with E-state index >= 15 is 0 Å². The van der Waals surface area contributed by atoms with Crippen LogP contribution < -0.4 is 0 Å². The summed E-state index contributed by atoms with van der Waals surface area (Å²) in [6.07, 6.45) is -1.73. The second-order valence-electron chi connectivity index (χ2n) is 5.35. The Bertz CT molecular complexity index is 457. The quantitative estimate of drug-likeness (QED) is 0.177. The predicted octanol–water partition coefficient (Wildman–Crippen LogP) is 4.49. The number of halogens is 3. The maximum absolute atomic E-state index is 13.2. The van der Waals surface area contributed by atoms with E-state index in [2.05, 4.69) is 0 Å². The zero-order valence-electron chi connectivity index (χ0n) is 15.3. The fourth-order valence-electron chi connectivity index (χ4n) is 1.87. The van der Waals surface area contributed by atoms with Crippen LogP contribution >= 0.6 is 30.9 Å². The van der Waals surface area contributed by atoms with E-state index in [9.17, 15) is 22.8 Å². The van der Waals surface area contributed by atoms with Crippen LogP contribution in [-0.4, -0.2) is 51.6 Å². The number of alkyl halides is 3. The van der Waals surface area contributed by atoms with Crippen LogP contribution in [0.4, 0.5) is 13.2 Å². The molecule has 0 spiro atoms. The summed E-state index contributed by atoms with van der Waals surface area (Å²) in [5.74, 6) is -1.74. The van der Waals surface area contributed by atoms with Gasteiger partial charge in [-0.2, -0.15) is 13.2 Å². The zero-order chi connectivity index (χ0) is 20.2. The van der Waals surface area contributed by atoms with Crippen molar-refractivity contribution in [2.75, 3.05) is 24.7 Å². The van der Waals surface area contributed by atoms with E-state index in [1.165, 1.54) is 23.5 Å². The molecule has 0 bridgehead atoms. The molecule has 0 aromatic heterocycles. The molecule has 0 saturated heterocycles. The standard InChI is InChI=1S/C15H27F3NO3PS3/c1-4-7-9-25-15(23-24,26-10-8-5-2)19(11-12(20)22-6-3)13(21)14(16,17)18/h4-11,23H2,1-3H3. The van der Waals surface area contributed by atoms with E-state index in [-0.39, 0.29) is 6.61 Å². The van der Waals surface area contributed by atoms with Gasteiger partial charge in [0.1, 0.15) is 6.54 Å². The van der Waals surface area contributed by atoms with Crippen molar-refractivity contribution < 1.29 is 27.5 Å². The highest BCUT2D eigenvalue weighted by Crippen LogP contribution is 2.50. The highest BCUT2D eigenvalue weighted by molar-refractivity contribution is 8.27. The Morgan fingerprint density at radius 2 is 1.58 bits per heavy atom. The summed E-state index contributed by atoms with van der Waals surface area (Å²) in [7, 11) is -0.966. The van der Waals surface area contributed by atoms with E-state index in [0.29, 0.717) is 16.4 Å². The van der Waals surface area contributed by atoms with Gasteiger partial charge < -0.3 is 4.74 Å². The number of nitrogens with zero attached hydrogens (tertiary/aromatic N) is 1. The molecule has 0 aliphatic heterocycles. The van der Waals surface area contributed by atoms with Gasteiger partial charge in [0.2, 0.25) is 0 Å². The summed E-state index contributed by atoms with van der Waals surface area (Å²) >= 11 is 7.75. The van der Waals surface area contributed by atoms with Gasteiger partial charge in [-0.25, -0.2) is 0 Å². The second kappa shape index (κ2) is 13.3. The van der Waals surface area contributed by atoms with E-state index in [1.807, 2.05) is 13.8 Å². The van der Waals surface area contributed by atoms with Crippen molar-refractivity contribution in [1.82, 2.24) is 4.90 Å². The van der Waals surface area contributed by atoms with Gasteiger partial charge in [0.15, 0.2) is 3.94 Å². The second-order valence-corrected chi connectivity index (χ2v) is 10.9. The molecule has 26 heavy (non-hydrogen) atoms. The van der Waals surface area contributed by atoms with Crippen LogP contribution in [0.5, 0.6) is 0 Å². The Morgan fingerprint density at radius 1 is 1.08 bits per heavy atom. The van der Waals surface area contributed by atoms with Crippen LogP contribution in [0, 0.1) is 0 Å². The van der Waals surface area contributed by atoms with Gasteiger partial charge in [-0.15, -0.1) is 23.5 Å². The average molecular weight is 454 g/mol. The minimum Gasteiger partial charge on any atom is -0.465 e. The van der Waals surface area contributed by atoms with E-state index in [0.717, 1.165) is 25.7 Å². The monoisotopic (exact) mass is 453 g/mol. The lowest BCUT2D eigenvalue weighted by atomic mass is 10.4. The number of hydrogen-bond acceptors (Lipinski definition) is 6. The molecule has 0 N–H and O–H groups in total. The highest BCUT2D eigenvalue weighted by Gasteiger charge is 2.50. The van der Waals surface area contributed by atoms with E-state index < -0.39 is 35.9 Å². The SMILES string of the molecule is CCCCSC([PH2]=S)(SCCCC)N(CC(=O)OCC)C(=O)C(F)(F)F. The number of carbonyl (C=O) groups excluding carboxylic acids is 2. The van der Waals surface area contributed by atoms with Gasteiger partial charge in [-0.3, -0.25) is 14.5 Å². The summed E-state index contributed by atoms with van der Waals surface area (Å²) < 4.78 is 43.1. The maximum atomic E-state index is 13.2. The number of hydrogen-bond donors (Lipinski definition) is 0. The minimum atomic E-state index is -5.07. The molecule has 11 heteroatoms. The summed E-state index contributed by atoms with van der Waals surface area (Å²) in [6, 6.07) is 0. The first-order chi connectivity index (χ1) is 12.2. The van der Waals surface area contributed by atoms with Crippen molar-refractivity contribution in [3.63, 3.8) is 0 Å². The smallest absolute Gasteiger partial charge is 0.465 e. The third-order valence-electron chi connectivity index (χ3n) is 3.22. The highest BCUT2D eigenvalue weighted by atomic mass is 32.4. The molecular formula is C15H27F3NO3PS3. The van der Waals surface area contributed by atoms with Crippen LogP contribution in [0.25, 0.3) is 0 Å². The van der Waals surface area contributed by atoms with Crippen LogP contribution in [0.1, 0.15) is 46.5 Å². The van der Waals surface area contributed by atoms with Gasteiger partial charge in [0, 0.05) is 0 Å². The number of carbonyl (C=O) groups is 2. The van der Waals surface area contributed by atoms with E-state index in [4.69, 9.17) is 16.5 Å². The molecule has 0 aromatic carbocycles. The van der Waals surface area contributed by atoms with Gasteiger partial charge in [-0.1, -0.05) is 38.5 Å². The number of amides is 1. The lowest BCUT2D eigenvalue weighted by Crippen LogP contribution is -2.52. The third kappa shape index (κ3) is 8.85. The molecular weight excluding hydrogens is 426 g/mol. The Balaban J connectivity index is 5.79. The predicted molar refractivity (Wildman–Crippen MR) is 109 cm³/mol. The molecule has 1 amide bonds. The van der Waals surface area contributed by atoms with Crippen molar-refractivity contribution in [3.8, 4) is 0 Å². The van der Waals surface area contributed by atoms with Crippen molar-refractivity contribution >= 4 is 54.6 Å². The first-order valence-corrected chi connectivity index (χ1v) is 12.9. The Morgan fingerprint density at radius 3 is 1.92 bits per heavy atom. The topological polar surface area (TPSA) is 46.6 Å². The molecule has 0 aromatic rings. The normalized spacial score (nSPS) is 12.5. The molecule has 0 rings (SSSR count). The fourth-order valence-corrected chi connectivity index (χ4v) is 7.95. The Hall–Kier alpha value is 0.0800. The number of esters is 1. The minimum absolute atomic E-state index is 0.0343. The first-order valence-electron chi connectivity index (χ1n) is 8.47. The number of ether oxygens (including phenoxy) is 1. The summed E-state index contributed by atoms with van der Waals surface area (Å²) in [5.41, 5.74) is 0. The summed E-state index contributed by atoms with van der Waals surface area (Å²) in [5, 5.41) is 0. The van der Waals surface area contributed by atoms with Crippen molar-refractivity contribution in [1.29, 1.82) is 0 Å². The van der Waals surface area contributed by atoms with Crippen LogP contribution in [0.2, 0.25) is 0 Å². The van der Waals surface area contributed by atoms with Gasteiger partial charge in [-0.05, 0) is 38.6 Å².